The van der Waals surface area contributed by atoms with Gasteiger partial charge in [0.05, 0.1) is 5.37 Å². The summed E-state index contributed by atoms with van der Waals surface area (Å²) >= 11 is 6.85. The number of aliphatic carboxylic acids is 1. The third-order valence-corrected chi connectivity index (χ3v) is 6.89. The van der Waals surface area contributed by atoms with E-state index in [2.05, 4.69) is 0 Å². The molecule has 1 aromatic carbocycles. The van der Waals surface area contributed by atoms with Crippen molar-refractivity contribution >= 4 is 39.4 Å². The van der Waals surface area contributed by atoms with Crippen LogP contribution in [0.4, 0.5) is 4.39 Å². The van der Waals surface area contributed by atoms with Crippen LogP contribution >= 0.6 is 23.4 Å². The minimum absolute atomic E-state index is 0.0732. The van der Waals surface area contributed by atoms with Crippen LogP contribution in [0.2, 0.25) is 5.02 Å². The highest BCUT2D eigenvalue weighted by atomic mass is 35.5. The summed E-state index contributed by atoms with van der Waals surface area (Å²) in [6, 6.07) is 2.02. The first-order chi connectivity index (χ1) is 9.78. The van der Waals surface area contributed by atoms with Crippen LogP contribution in [0.15, 0.2) is 23.1 Å². The highest BCUT2D eigenvalue weighted by Gasteiger charge is 2.46. The maximum Gasteiger partial charge on any atom is 0.322 e. The molecule has 116 valence electrons. The number of halogens is 2. The van der Waals surface area contributed by atoms with Gasteiger partial charge < -0.3 is 5.11 Å². The molecule has 1 heterocycles. The summed E-state index contributed by atoms with van der Waals surface area (Å²) in [7, 11) is -4.24. The van der Waals surface area contributed by atoms with Crippen LogP contribution in [0.25, 0.3) is 0 Å². The van der Waals surface area contributed by atoms with E-state index in [4.69, 9.17) is 11.6 Å². The molecule has 0 aliphatic carbocycles. The Morgan fingerprint density at radius 1 is 1.57 bits per heavy atom. The van der Waals surface area contributed by atoms with Crippen molar-refractivity contribution in [3.05, 3.63) is 29.0 Å². The van der Waals surface area contributed by atoms with Crippen LogP contribution in [0.5, 0.6) is 0 Å². The zero-order valence-corrected chi connectivity index (χ0v) is 13.4. The third-order valence-electron chi connectivity index (χ3n) is 3.12. The van der Waals surface area contributed by atoms with E-state index in [1.165, 1.54) is 17.8 Å². The zero-order chi connectivity index (χ0) is 15.8. The van der Waals surface area contributed by atoms with Crippen molar-refractivity contribution in [3.8, 4) is 0 Å². The molecule has 21 heavy (non-hydrogen) atoms. The Bertz CT molecular complexity index is 667. The van der Waals surface area contributed by atoms with Crippen LogP contribution in [-0.2, 0) is 14.8 Å². The third kappa shape index (κ3) is 3.03. The predicted molar refractivity (Wildman–Crippen MR) is 78.4 cm³/mol. The number of carboxylic acids is 1. The topological polar surface area (TPSA) is 74.7 Å². The molecule has 1 fully saturated rings. The quantitative estimate of drug-likeness (QED) is 0.899. The van der Waals surface area contributed by atoms with E-state index in [1.54, 1.807) is 6.92 Å². The highest BCUT2D eigenvalue weighted by Crippen LogP contribution is 2.37. The molecule has 0 amide bonds. The molecule has 2 unspecified atom stereocenters. The second-order valence-corrected chi connectivity index (χ2v) is 7.92. The van der Waals surface area contributed by atoms with Crippen molar-refractivity contribution in [1.82, 2.24) is 4.31 Å². The fourth-order valence-electron chi connectivity index (χ4n) is 2.15. The van der Waals surface area contributed by atoms with Gasteiger partial charge in [0.1, 0.15) is 16.8 Å². The molecule has 9 heteroatoms. The largest absolute Gasteiger partial charge is 0.480 e. The lowest BCUT2D eigenvalue weighted by Gasteiger charge is -2.25. The van der Waals surface area contributed by atoms with Crippen molar-refractivity contribution in [2.75, 3.05) is 5.75 Å². The van der Waals surface area contributed by atoms with Gasteiger partial charge in [0.25, 0.3) is 0 Å². The van der Waals surface area contributed by atoms with E-state index in [-0.39, 0.29) is 10.8 Å². The van der Waals surface area contributed by atoms with Crippen LogP contribution in [-0.4, -0.2) is 41.0 Å². The molecule has 0 saturated carbocycles. The maximum absolute atomic E-state index is 13.9. The van der Waals surface area contributed by atoms with E-state index in [9.17, 15) is 22.7 Å². The van der Waals surface area contributed by atoms with E-state index in [0.29, 0.717) is 6.42 Å². The maximum atomic E-state index is 13.9. The Balaban J connectivity index is 2.52. The fraction of sp³-hybridized carbons (Fsp3) is 0.417. The molecule has 5 nitrogen and oxygen atoms in total. The number of thioether (sulfide) groups is 1. The molecule has 1 aliphatic rings. The SMILES string of the molecule is CCC1SCC(C(=O)O)N1S(=O)(=O)c1ccc(Cl)cc1F. The van der Waals surface area contributed by atoms with Crippen LogP contribution in [0, 0.1) is 5.82 Å². The van der Waals surface area contributed by atoms with E-state index in [1.807, 2.05) is 0 Å². The summed E-state index contributed by atoms with van der Waals surface area (Å²) < 4.78 is 40.0. The van der Waals surface area contributed by atoms with Gasteiger partial charge in [-0.2, -0.15) is 4.31 Å². The predicted octanol–water partition coefficient (Wildman–Crippen LogP) is 2.41. The van der Waals surface area contributed by atoms with Gasteiger partial charge in [-0.05, 0) is 24.6 Å². The summed E-state index contributed by atoms with van der Waals surface area (Å²) in [4.78, 5) is 10.7. The van der Waals surface area contributed by atoms with Gasteiger partial charge in [-0.1, -0.05) is 18.5 Å². The number of hydrogen-bond donors (Lipinski definition) is 1. The molecule has 1 aromatic rings. The van der Waals surface area contributed by atoms with Crippen molar-refractivity contribution in [3.63, 3.8) is 0 Å². The molecule has 1 N–H and O–H groups in total. The van der Waals surface area contributed by atoms with E-state index < -0.39 is 38.1 Å². The first-order valence-corrected chi connectivity index (χ1v) is 8.98. The Kier molecular flexibility index (Phi) is 4.82. The molecule has 2 rings (SSSR count). The van der Waals surface area contributed by atoms with Gasteiger partial charge in [-0.3, -0.25) is 4.79 Å². The van der Waals surface area contributed by atoms with Crippen LogP contribution in [0.3, 0.4) is 0 Å². The first-order valence-electron chi connectivity index (χ1n) is 6.12. The van der Waals surface area contributed by atoms with Crippen molar-refractivity contribution in [1.29, 1.82) is 0 Å². The number of nitrogens with zero attached hydrogens (tertiary/aromatic N) is 1. The summed E-state index contributed by atoms with van der Waals surface area (Å²) in [5, 5.41) is 8.74. The minimum atomic E-state index is -4.24. The standard InChI is InChI=1S/C12H13ClFNO4S2/c1-2-11-15(9(6-20-11)12(16)17)21(18,19)10-4-3-7(13)5-8(10)14/h3-5,9,11H,2,6H2,1H3,(H,16,17). The Morgan fingerprint density at radius 2 is 2.24 bits per heavy atom. The van der Waals surface area contributed by atoms with E-state index in [0.717, 1.165) is 16.4 Å². The molecular weight excluding hydrogens is 341 g/mol. The van der Waals surface area contributed by atoms with E-state index >= 15 is 0 Å². The molecule has 0 spiro atoms. The molecule has 0 bridgehead atoms. The Morgan fingerprint density at radius 3 is 2.76 bits per heavy atom. The monoisotopic (exact) mass is 353 g/mol. The zero-order valence-electron chi connectivity index (χ0n) is 11.0. The number of benzene rings is 1. The Hall–Kier alpha value is -0.830. The van der Waals surface area contributed by atoms with Crippen LogP contribution < -0.4 is 0 Å². The van der Waals surface area contributed by atoms with Gasteiger partial charge in [0, 0.05) is 10.8 Å². The number of carboxylic acid groups (broad SMARTS) is 1. The average Bonchev–Trinajstić information content (AvgIpc) is 2.82. The van der Waals surface area contributed by atoms with Gasteiger partial charge in [0.15, 0.2) is 0 Å². The first kappa shape index (κ1) is 16.5. The van der Waals surface area contributed by atoms with Crippen LogP contribution in [0.1, 0.15) is 13.3 Å². The van der Waals surface area contributed by atoms with Gasteiger partial charge in [-0.25, -0.2) is 12.8 Å². The molecule has 0 aromatic heterocycles. The van der Waals surface area contributed by atoms with Gasteiger partial charge in [-0.15, -0.1) is 11.8 Å². The average molecular weight is 354 g/mol. The highest BCUT2D eigenvalue weighted by molar-refractivity contribution is 8.01. The normalized spacial score (nSPS) is 23.4. The summed E-state index contributed by atoms with van der Waals surface area (Å²) in [5.41, 5.74) is 0. The van der Waals surface area contributed by atoms with Crippen molar-refractivity contribution in [2.45, 2.75) is 29.7 Å². The van der Waals surface area contributed by atoms with Gasteiger partial charge >= 0.3 is 5.97 Å². The molecule has 1 aliphatic heterocycles. The summed E-state index contributed by atoms with van der Waals surface area (Å²) in [6.07, 6.45) is 0.433. The second-order valence-electron chi connectivity index (χ2n) is 4.46. The molecule has 0 radical (unpaired) electrons. The smallest absolute Gasteiger partial charge is 0.322 e. The number of hydrogen-bond acceptors (Lipinski definition) is 4. The molecule has 1 saturated heterocycles. The lowest BCUT2D eigenvalue weighted by atomic mass is 10.3. The lowest BCUT2D eigenvalue weighted by Crippen LogP contribution is -2.45. The minimum Gasteiger partial charge on any atom is -0.480 e. The molecular formula is C12H13ClFNO4S2. The lowest BCUT2D eigenvalue weighted by molar-refractivity contribution is -0.140. The van der Waals surface area contributed by atoms with Gasteiger partial charge in [0.2, 0.25) is 10.0 Å². The number of carbonyl (C=O) groups is 1. The second kappa shape index (κ2) is 6.12. The van der Waals surface area contributed by atoms with Crippen molar-refractivity contribution < 1.29 is 22.7 Å². The van der Waals surface area contributed by atoms with Crippen molar-refractivity contribution in [2.24, 2.45) is 0 Å². The summed E-state index contributed by atoms with van der Waals surface area (Å²) in [5.74, 6) is -2.09. The fourth-order valence-corrected chi connectivity index (χ4v) is 5.89. The molecule has 2 atom stereocenters. The number of sulfonamides is 1. The summed E-state index contributed by atoms with van der Waals surface area (Å²) in [6.45, 7) is 1.75. The number of rotatable bonds is 4. The Labute approximate surface area is 131 Å².